The van der Waals surface area contributed by atoms with Gasteiger partial charge < -0.3 is 10.6 Å². The quantitative estimate of drug-likeness (QED) is 0.703. The van der Waals surface area contributed by atoms with Crippen LogP contribution in [0.25, 0.3) is 0 Å². The monoisotopic (exact) mass is 391 g/mol. The van der Waals surface area contributed by atoms with Crippen molar-refractivity contribution in [3.8, 4) is 0 Å². The molecule has 0 aliphatic rings. The molecule has 0 heterocycles. The molecule has 0 aliphatic carbocycles. The van der Waals surface area contributed by atoms with E-state index in [0.717, 1.165) is 4.47 Å². The van der Waals surface area contributed by atoms with E-state index in [4.69, 9.17) is 12.2 Å². The molecule has 0 saturated carbocycles. The van der Waals surface area contributed by atoms with Crippen LogP contribution in [0.1, 0.15) is 20.7 Å². The van der Waals surface area contributed by atoms with Crippen molar-refractivity contribution in [3.63, 3.8) is 0 Å². The van der Waals surface area contributed by atoms with E-state index in [0.29, 0.717) is 16.8 Å². The number of nitrogens with one attached hydrogen (secondary N) is 3. The third-order valence-corrected chi connectivity index (χ3v) is 3.64. The average Bonchev–Trinajstić information content (AvgIpc) is 2.54. The molecule has 0 atom stereocenters. The summed E-state index contributed by atoms with van der Waals surface area (Å²) in [6.45, 7) is 0. The second-order valence-electron chi connectivity index (χ2n) is 4.58. The van der Waals surface area contributed by atoms with Crippen molar-refractivity contribution in [3.05, 3.63) is 64.1 Å². The molecule has 0 aromatic heterocycles. The van der Waals surface area contributed by atoms with Gasteiger partial charge in [0.2, 0.25) is 0 Å². The largest absolute Gasteiger partial charge is 0.355 e. The maximum Gasteiger partial charge on any atom is 0.257 e. The summed E-state index contributed by atoms with van der Waals surface area (Å²) in [4.78, 5) is 23.5. The lowest BCUT2D eigenvalue weighted by Crippen LogP contribution is -2.34. The highest BCUT2D eigenvalue weighted by molar-refractivity contribution is 9.10. The van der Waals surface area contributed by atoms with E-state index in [1.807, 2.05) is 6.07 Å². The highest BCUT2D eigenvalue weighted by Crippen LogP contribution is 2.12. The molecule has 2 amide bonds. The summed E-state index contributed by atoms with van der Waals surface area (Å²) in [6.07, 6.45) is 0. The Balaban J connectivity index is 1.97. The van der Waals surface area contributed by atoms with Gasteiger partial charge in [-0.2, -0.15) is 0 Å². The van der Waals surface area contributed by atoms with Gasteiger partial charge >= 0.3 is 0 Å². The van der Waals surface area contributed by atoms with Gasteiger partial charge in [-0.05, 0) is 54.7 Å². The van der Waals surface area contributed by atoms with Crippen molar-refractivity contribution in [2.24, 2.45) is 0 Å². The minimum Gasteiger partial charge on any atom is -0.355 e. The fourth-order valence-corrected chi connectivity index (χ4v) is 2.43. The van der Waals surface area contributed by atoms with Crippen molar-refractivity contribution < 1.29 is 9.59 Å². The molecular weight excluding hydrogens is 378 g/mol. The highest BCUT2D eigenvalue weighted by atomic mass is 79.9. The van der Waals surface area contributed by atoms with E-state index in [1.54, 1.807) is 49.5 Å². The zero-order valence-electron chi connectivity index (χ0n) is 12.2. The lowest BCUT2D eigenvalue weighted by molar-refractivity contribution is 0.0959. The normalized spacial score (nSPS) is 9.83. The van der Waals surface area contributed by atoms with E-state index >= 15 is 0 Å². The third kappa shape index (κ3) is 4.87. The first-order chi connectivity index (χ1) is 11.0. The number of benzene rings is 2. The second kappa shape index (κ2) is 7.85. The molecule has 5 nitrogen and oxygen atoms in total. The van der Waals surface area contributed by atoms with Crippen LogP contribution in [0.4, 0.5) is 5.69 Å². The van der Waals surface area contributed by atoms with Gasteiger partial charge in [-0.25, -0.2) is 0 Å². The smallest absolute Gasteiger partial charge is 0.257 e. The van der Waals surface area contributed by atoms with Crippen LogP contribution < -0.4 is 16.0 Å². The van der Waals surface area contributed by atoms with Gasteiger partial charge in [0.05, 0.1) is 0 Å². The highest BCUT2D eigenvalue weighted by Gasteiger charge is 2.08. The maximum absolute atomic E-state index is 12.1. The fourth-order valence-electron chi connectivity index (χ4n) is 1.82. The van der Waals surface area contributed by atoms with Gasteiger partial charge in [0, 0.05) is 28.3 Å². The Morgan fingerprint density at radius 1 is 1.00 bits per heavy atom. The summed E-state index contributed by atoms with van der Waals surface area (Å²) in [6, 6.07) is 13.8. The molecule has 0 unspecified atom stereocenters. The zero-order chi connectivity index (χ0) is 16.8. The number of anilines is 1. The molecule has 0 spiro atoms. The molecule has 0 saturated heterocycles. The van der Waals surface area contributed by atoms with E-state index in [1.165, 1.54) is 0 Å². The molecule has 7 heteroatoms. The molecular formula is C16H14BrN3O2S. The van der Waals surface area contributed by atoms with Crippen LogP contribution in [0.2, 0.25) is 0 Å². The molecule has 118 valence electrons. The van der Waals surface area contributed by atoms with Crippen molar-refractivity contribution in [1.82, 2.24) is 10.6 Å². The van der Waals surface area contributed by atoms with Gasteiger partial charge in [0.1, 0.15) is 0 Å². The minimum absolute atomic E-state index is 0.165. The predicted molar refractivity (Wildman–Crippen MR) is 97.7 cm³/mol. The average molecular weight is 392 g/mol. The van der Waals surface area contributed by atoms with Crippen molar-refractivity contribution in [1.29, 1.82) is 0 Å². The van der Waals surface area contributed by atoms with E-state index in [9.17, 15) is 9.59 Å². The topological polar surface area (TPSA) is 70.2 Å². The fraction of sp³-hybridized carbons (Fsp3) is 0.0625. The van der Waals surface area contributed by atoms with Crippen LogP contribution in [0.3, 0.4) is 0 Å². The van der Waals surface area contributed by atoms with E-state index in [-0.39, 0.29) is 16.9 Å². The SMILES string of the molecule is CNC(=O)c1ccc(NC(=S)NC(=O)c2cccc(Br)c2)cc1. The lowest BCUT2D eigenvalue weighted by atomic mass is 10.2. The Morgan fingerprint density at radius 2 is 1.70 bits per heavy atom. The summed E-state index contributed by atoms with van der Waals surface area (Å²) >= 11 is 8.43. The van der Waals surface area contributed by atoms with Gasteiger partial charge in [-0.15, -0.1) is 0 Å². The first-order valence-corrected chi connectivity index (χ1v) is 7.90. The molecule has 0 bridgehead atoms. The number of carbonyl (C=O) groups excluding carboxylic acids is 2. The molecule has 3 N–H and O–H groups in total. The van der Waals surface area contributed by atoms with E-state index in [2.05, 4.69) is 31.9 Å². The number of carbonyl (C=O) groups is 2. The predicted octanol–water partition coefficient (Wildman–Crippen LogP) is 2.94. The van der Waals surface area contributed by atoms with Gasteiger partial charge in [-0.3, -0.25) is 14.9 Å². The van der Waals surface area contributed by atoms with Crippen LogP contribution in [0, 0.1) is 0 Å². The number of amides is 2. The summed E-state index contributed by atoms with van der Waals surface area (Å²) in [5.41, 5.74) is 1.72. The molecule has 2 aromatic rings. The number of hydrogen-bond acceptors (Lipinski definition) is 3. The Morgan fingerprint density at radius 3 is 2.30 bits per heavy atom. The summed E-state index contributed by atoms with van der Waals surface area (Å²) in [5, 5.41) is 8.23. The van der Waals surface area contributed by atoms with Crippen LogP contribution in [0.5, 0.6) is 0 Å². The zero-order valence-corrected chi connectivity index (χ0v) is 14.6. The Labute approximate surface area is 147 Å². The van der Waals surface area contributed by atoms with Crippen molar-refractivity contribution >= 4 is 50.8 Å². The number of rotatable bonds is 3. The summed E-state index contributed by atoms with van der Waals surface area (Å²) in [7, 11) is 1.57. The minimum atomic E-state index is -0.300. The molecule has 0 aliphatic heterocycles. The second-order valence-corrected chi connectivity index (χ2v) is 5.90. The number of halogens is 1. The van der Waals surface area contributed by atoms with Crippen LogP contribution in [-0.4, -0.2) is 24.0 Å². The standard InChI is InChI=1S/C16H14BrN3O2S/c1-18-14(21)10-5-7-13(8-6-10)19-16(23)20-15(22)11-3-2-4-12(17)9-11/h2-9H,1H3,(H,18,21)(H2,19,20,22,23). The molecule has 0 radical (unpaired) electrons. The third-order valence-electron chi connectivity index (χ3n) is 2.95. The molecule has 2 rings (SSSR count). The van der Waals surface area contributed by atoms with Crippen molar-refractivity contribution in [2.75, 3.05) is 12.4 Å². The first-order valence-electron chi connectivity index (χ1n) is 6.69. The molecule has 0 fully saturated rings. The number of thiocarbonyl (C=S) groups is 1. The maximum atomic E-state index is 12.1. The lowest BCUT2D eigenvalue weighted by Gasteiger charge is -2.10. The first kappa shape index (κ1) is 17.1. The molecule has 2 aromatic carbocycles. The van der Waals surface area contributed by atoms with Gasteiger partial charge in [-0.1, -0.05) is 22.0 Å². The van der Waals surface area contributed by atoms with Crippen LogP contribution >= 0.6 is 28.1 Å². The Bertz CT molecular complexity index is 747. The summed E-state index contributed by atoms with van der Waals surface area (Å²) in [5.74, 6) is -0.465. The van der Waals surface area contributed by atoms with Crippen LogP contribution in [0.15, 0.2) is 53.0 Å². The van der Waals surface area contributed by atoms with Crippen molar-refractivity contribution in [2.45, 2.75) is 0 Å². The van der Waals surface area contributed by atoms with Gasteiger partial charge in [0.25, 0.3) is 11.8 Å². The van der Waals surface area contributed by atoms with Crippen LogP contribution in [-0.2, 0) is 0 Å². The molecule has 23 heavy (non-hydrogen) atoms. The number of hydrogen-bond donors (Lipinski definition) is 3. The Hall–Kier alpha value is -2.25. The summed E-state index contributed by atoms with van der Waals surface area (Å²) < 4.78 is 0.814. The van der Waals surface area contributed by atoms with Gasteiger partial charge in [0.15, 0.2) is 5.11 Å². The Kier molecular flexibility index (Phi) is 5.84. The van der Waals surface area contributed by atoms with E-state index < -0.39 is 0 Å².